The quantitative estimate of drug-likeness (QED) is 0.395. The maximum atomic E-state index is 10.8. The fourth-order valence-corrected chi connectivity index (χ4v) is 3.19. The van der Waals surface area contributed by atoms with E-state index in [0.29, 0.717) is 16.7 Å². The van der Waals surface area contributed by atoms with Gasteiger partial charge in [0.05, 0.1) is 15.3 Å². The van der Waals surface area contributed by atoms with Gasteiger partial charge < -0.3 is 0 Å². The van der Waals surface area contributed by atoms with Crippen LogP contribution in [-0.4, -0.2) is 14.9 Å². The number of fused-ring (bicyclic) bond motifs is 1. The van der Waals surface area contributed by atoms with Crippen molar-refractivity contribution in [2.45, 2.75) is 13.8 Å². The van der Waals surface area contributed by atoms with Crippen LogP contribution in [0.3, 0.4) is 0 Å². The van der Waals surface area contributed by atoms with E-state index >= 15 is 0 Å². The second-order valence-corrected chi connectivity index (χ2v) is 6.26. The molecule has 0 aliphatic carbocycles. The van der Waals surface area contributed by atoms with Crippen LogP contribution in [0.1, 0.15) is 10.4 Å². The predicted molar refractivity (Wildman–Crippen MR) is 84.0 cm³/mol. The highest BCUT2D eigenvalue weighted by atomic mass is 35.5. The summed E-state index contributed by atoms with van der Waals surface area (Å²) in [5.74, 6) is 0.544. The number of non-ortho nitro benzene ring substituents is 1. The average Bonchev–Trinajstić information content (AvgIpc) is 2.78. The summed E-state index contributed by atoms with van der Waals surface area (Å²) in [4.78, 5) is 21.2. The number of rotatable bonds is 2. The summed E-state index contributed by atoms with van der Waals surface area (Å²) < 4.78 is 0. The van der Waals surface area contributed by atoms with Gasteiger partial charge in [0.15, 0.2) is 5.82 Å². The first-order chi connectivity index (χ1) is 9.95. The molecule has 0 fully saturated rings. The number of benzene rings is 1. The molecule has 0 bridgehead atoms. The van der Waals surface area contributed by atoms with Crippen LogP contribution >= 0.6 is 22.9 Å². The van der Waals surface area contributed by atoms with Crippen molar-refractivity contribution >= 4 is 39.5 Å². The minimum absolute atomic E-state index is 0.0245. The van der Waals surface area contributed by atoms with Crippen molar-refractivity contribution in [1.82, 2.24) is 9.97 Å². The molecule has 1 aromatic carbocycles. The van der Waals surface area contributed by atoms with Crippen LogP contribution in [0.4, 0.5) is 5.69 Å². The highest BCUT2D eigenvalue weighted by Gasteiger charge is 2.14. The van der Waals surface area contributed by atoms with E-state index in [4.69, 9.17) is 11.6 Å². The van der Waals surface area contributed by atoms with Gasteiger partial charge in [0.2, 0.25) is 0 Å². The Hall–Kier alpha value is -2.05. The Kier molecular flexibility index (Phi) is 3.35. The summed E-state index contributed by atoms with van der Waals surface area (Å²) in [6.07, 6.45) is 0. The van der Waals surface area contributed by atoms with Gasteiger partial charge in [-0.05, 0) is 31.5 Å². The Balaban J connectivity index is 2.19. The molecule has 0 aliphatic heterocycles. The Morgan fingerprint density at radius 3 is 2.62 bits per heavy atom. The van der Waals surface area contributed by atoms with Crippen molar-refractivity contribution in [2.24, 2.45) is 0 Å². The van der Waals surface area contributed by atoms with E-state index in [0.717, 1.165) is 4.88 Å². The summed E-state index contributed by atoms with van der Waals surface area (Å²) in [6.45, 7) is 4.07. The van der Waals surface area contributed by atoms with E-state index in [-0.39, 0.29) is 10.8 Å². The van der Waals surface area contributed by atoms with Crippen LogP contribution < -0.4 is 0 Å². The third-order valence-corrected chi connectivity index (χ3v) is 4.67. The summed E-state index contributed by atoms with van der Waals surface area (Å²) in [6, 6.07) is 6.42. The van der Waals surface area contributed by atoms with Gasteiger partial charge in [-0.25, -0.2) is 9.97 Å². The Bertz CT molecular complexity index is 857. The maximum Gasteiger partial charge on any atom is 0.270 e. The molecule has 0 saturated carbocycles. The lowest BCUT2D eigenvalue weighted by Crippen LogP contribution is -1.93. The van der Waals surface area contributed by atoms with Gasteiger partial charge >= 0.3 is 0 Å². The van der Waals surface area contributed by atoms with Gasteiger partial charge in [0.1, 0.15) is 5.15 Å². The molecule has 21 heavy (non-hydrogen) atoms. The van der Waals surface area contributed by atoms with E-state index < -0.39 is 4.92 Å². The first kappa shape index (κ1) is 13.9. The topological polar surface area (TPSA) is 68.9 Å². The molecule has 2 aromatic heterocycles. The number of thiophene rings is 1. The minimum Gasteiger partial charge on any atom is -0.258 e. The van der Waals surface area contributed by atoms with Crippen molar-refractivity contribution in [3.8, 4) is 10.7 Å². The van der Waals surface area contributed by atoms with Crippen molar-refractivity contribution in [2.75, 3.05) is 0 Å². The third kappa shape index (κ3) is 2.48. The number of halogens is 1. The summed E-state index contributed by atoms with van der Waals surface area (Å²) in [5.41, 5.74) is 1.75. The number of hydrogen-bond acceptors (Lipinski definition) is 5. The lowest BCUT2D eigenvalue weighted by Gasteiger charge is -2.03. The molecule has 0 unspecified atom stereocenters. The smallest absolute Gasteiger partial charge is 0.258 e. The molecule has 2 heterocycles. The molecule has 0 spiro atoms. The Morgan fingerprint density at radius 2 is 2.00 bits per heavy atom. The van der Waals surface area contributed by atoms with Crippen LogP contribution in [0, 0.1) is 24.0 Å². The first-order valence-corrected chi connectivity index (χ1v) is 7.34. The largest absolute Gasteiger partial charge is 0.270 e. The zero-order chi connectivity index (χ0) is 15.1. The summed E-state index contributed by atoms with van der Waals surface area (Å²) >= 11 is 7.77. The first-order valence-electron chi connectivity index (χ1n) is 6.15. The number of aromatic nitrogens is 2. The zero-order valence-corrected chi connectivity index (χ0v) is 12.8. The molecule has 0 atom stereocenters. The zero-order valence-electron chi connectivity index (χ0n) is 11.3. The summed E-state index contributed by atoms with van der Waals surface area (Å²) in [7, 11) is 0. The van der Waals surface area contributed by atoms with Crippen LogP contribution in [0.25, 0.3) is 21.6 Å². The summed E-state index contributed by atoms with van der Waals surface area (Å²) in [5, 5.41) is 11.5. The molecule has 5 nitrogen and oxygen atoms in total. The third-order valence-electron chi connectivity index (χ3n) is 3.23. The highest BCUT2D eigenvalue weighted by Crippen LogP contribution is 2.32. The second kappa shape index (κ2) is 5.05. The fraction of sp³-hybridized carbons (Fsp3) is 0.143. The lowest BCUT2D eigenvalue weighted by molar-refractivity contribution is -0.384. The lowest BCUT2D eigenvalue weighted by atomic mass is 10.2. The number of nitro groups is 1. The number of nitro benzene ring substituents is 1. The van der Waals surface area contributed by atoms with Gasteiger partial charge in [-0.3, -0.25) is 10.1 Å². The molecule has 3 rings (SSSR count). The number of aryl methyl sites for hydroxylation is 2. The normalized spacial score (nSPS) is 11.0. The predicted octanol–water partition coefficient (Wildman–Crippen LogP) is 4.54. The van der Waals surface area contributed by atoms with Gasteiger partial charge in [-0.1, -0.05) is 11.6 Å². The van der Waals surface area contributed by atoms with E-state index in [1.54, 1.807) is 17.4 Å². The molecule has 0 aliphatic rings. The molecule has 7 heteroatoms. The number of hydrogen-bond donors (Lipinski definition) is 0. The van der Waals surface area contributed by atoms with Crippen molar-refractivity contribution in [1.29, 1.82) is 0 Å². The van der Waals surface area contributed by atoms with Crippen LogP contribution in [-0.2, 0) is 0 Å². The number of nitrogens with zero attached hydrogens (tertiary/aromatic N) is 3. The van der Waals surface area contributed by atoms with Crippen LogP contribution in [0.2, 0.25) is 5.15 Å². The molecule has 0 saturated heterocycles. The van der Waals surface area contributed by atoms with Crippen molar-refractivity contribution in [3.05, 3.63) is 50.0 Å². The van der Waals surface area contributed by atoms with Gasteiger partial charge in [0.25, 0.3) is 5.69 Å². The molecular formula is C14H10ClN3O2S. The van der Waals surface area contributed by atoms with Crippen molar-refractivity contribution < 1.29 is 4.92 Å². The van der Waals surface area contributed by atoms with E-state index in [9.17, 15) is 10.1 Å². The second-order valence-electron chi connectivity index (χ2n) is 4.65. The van der Waals surface area contributed by atoms with Gasteiger partial charge in [-0.15, -0.1) is 11.3 Å². The maximum absolute atomic E-state index is 10.8. The fourth-order valence-electron chi connectivity index (χ4n) is 1.99. The Labute approximate surface area is 129 Å². The van der Waals surface area contributed by atoms with Crippen LogP contribution in [0.15, 0.2) is 24.3 Å². The Morgan fingerprint density at radius 1 is 1.24 bits per heavy atom. The molecular weight excluding hydrogens is 310 g/mol. The van der Waals surface area contributed by atoms with Gasteiger partial charge in [-0.2, -0.15) is 0 Å². The van der Waals surface area contributed by atoms with Gasteiger partial charge in [0, 0.05) is 22.4 Å². The van der Waals surface area contributed by atoms with E-state index in [2.05, 4.69) is 9.97 Å². The standard InChI is InChI=1S/C14H10ClN3O2S/c1-7-5-12(21-8(7)2)14-16-11-4-3-9(18(19)20)6-10(11)13(15)17-14/h3-6H,1-2H3. The molecule has 0 amide bonds. The molecule has 0 radical (unpaired) electrons. The molecule has 0 N–H and O–H groups in total. The van der Waals surface area contributed by atoms with E-state index in [1.165, 1.54) is 22.6 Å². The molecule has 106 valence electrons. The van der Waals surface area contributed by atoms with Crippen molar-refractivity contribution in [3.63, 3.8) is 0 Å². The molecule has 3 aromatic rings. The monoisotopic (exact) mass is 319 g/mol. The van der Waals surface area contributed by atoms with Crippen LogP contribution in [0.5, 0.6) is 0 Å². The van der Waals surface area contributed by atoms with E-state index in [1.807, 2.05) is 19.9 Å². The minimum atomic E-state index is -0.463. The SMILES string of the molecule is Cc1cc(-c2nc(Cl)c3cc([N+](=O)[O-])ccc3n2)sc1C. The highest BCUT2D eigenvalue weighted by molar-refractivity contribution is 7.15. The average molecular weight is 320 g/mol.